The first-order chi connectivity index (χ1) is 20.9. The maximum Gasteiger partial charge on any atom is 0.254 e. The van der Waals surface area contributed by atoms with Crippen molar-refractivity contribution in [3.05, 3.63) is 77.0 Å². The van der Waals surface area contributed by atoms with E-state index in [0.717, 1.165) is 27.9 Å². The summed E-state index contributed by atoms with van der Waals surface area (Å²) in [4.78, 5) is 17.9. The van der Waals surface area contributed by atoms with Crippen LogP contribution >= 0.6 is 0 Å². The molecule has 224 valence electrons. The number of likely N-dealkylation sites (tertiary alicyclic amines) is 1. The van der Waals surface area contributed by atoms with Gasteiger partial charge in [0.15, 0.2) is 11.5 Å². The first kappa shape index (κ1) is 27.4. The van der Waals surface area contributed by atoms with Crippen molar-refractivity contribution in [2.75, 3.05) is 54.4 Å². The van der Waals surface area contributed by atoms with Crippen molar-refractivity contribution in [3.8, 4) is 28.7 Å². The summed E-state index contributed by atoms with van der Waals surface area (Å²) >= 11 is 0. The van der Waals surface area contributed by atoms with Crippen LogP contribution < -0.4 is 23.7 Å². The highest BCUT2D eigenvalue weighted by Crippen LogP contribution is 2.50. The molecule has 0 bridgehead atoms. The Kier molecular flexibility index (Phi) is 6.63. The largest absolute Gasteiger partial charge is 0.497 e. The molecule has 4 aromatic rings. The van der Waals surface area contributed by atoms with E-state index < -0.39 is 0 Å². The molecule has 7 rings (SSSR count). The van der Waals surface area contributed by atoms with Gasteiger partial charge in [-0.1, -0.05) is 0 Å². The summed E-state index contributed by atoms with van der Waals surface area (Å²) < 4.78 is 29.8. The molecule has 0 aliphatic carbocycles. The highest BCUT2D eigenvalue weighted by Gasteiger charge is 2.54. The van der Waals surface area contributed by atoms with E-state index in [1.54, 1.807) is 39.5 Å². The highest BCUT2D eigenvalue weighted by molar-refractivity contribution is 5.96. The number of aromatic nitrogens is 1. The van der Waals surface area contributed by atoms with Crippen molar-refractivity contribution in [3.63, 3.8) is 0 Å². The number of amides is 1. The molecule has 3 aliphatic rings. The Morgan fingerprint density at radius 1 is 0.907 bits per heavy atom. The third-order valence-corrected chi connectivity index (χ3v) is 9.11. The Balaban J connectivity index is 1.29. The summed E-state index contributed by atoms with van der Waals surface area (Å²) in [5, 5.41) is 12.0. The van der Waals surface area contributed by atoms with E-state index in [2.05, 4.69) is 15.5 Å². The zero-order valence-electron chi connectivity index (χ0n) is 24.8. The zero-order chi connectivity index (χ0) is 29.9. The second-order valence-electron chi connectivity index (χ2n) is 11.5. The minimum absolute atomic E-state index is 0.0410. The van der Waals surface area contributed by atoms with Crippen molar-refractivity contribution >= 4 is 16.8 Å². The smallest absolute Gasteiger partial charge is 0.254 e. The maximum atomic E-state index is 13.7. The van der Waals surface area contributed by atoms with Gasteiger partial charge in [0.05, 0.1) is 39.5 Å². The first-order valence-corrected chi connectivity index (χ1v) is 14.3. The molecule has 10 nitrogen and oxygen atoms in total. The van der Waals surface area contributed by atoms with E-state index in [4.69, 9.17) is 23.7 Å². The van der Waals surface area contributed by atoms with E-state index in [1.807, 2.05) is 42.3 Å². The molecule has 1 saturated heterocycles. The number of methoxy groups -OCH3 is 3. The molecule has 0 radical (unpaired) electrons. The van der Waals surface area contributed by atoms with E-state index >= 15 is 0 Å². The summed E-state index contributed by atoms with van der Waals surface area (Å²) in [5.74, 6) is 3.40. The number of aliphatic hydroxyl groups is 1. The second-order valence-corrected chi connectivity index (χ2v) is 11.5. The summed E-state index contributed by atoms with van der Waals surface area (Å²) in [6.45, 7) is 2.45. The van der Waals surface area contributed by atoms with Gasteiger partial charge in [-0.3, -0.25) is 9.69 Å². The van der Waals surface area contributed by atoms with Crippen LogP contribution in [-0.2, 0) is 19.0 Å². The van der Waals surface area contributed by atoms with Gasteiger partial charge in [-0.2, -0.15) is 0 Å². The Morgan fingerprint density at radius 3 is 2.33 bits per heavy atom. The number of hydrogen-bond acceptors (Lipinski definition) is 8. The van der Waals surface area contributed by atoms with Crippen LogP contribution in [0.2, 0.25) is 0 Å². The Hall–Kier alpha value is -4.41. The summed E-state index contributed by atoms with van der Waals surface area (Å²) in [7, 11) is 6.99. The fourth-order valence-corrected chi connectivity index (χ4v) is 7.12. The molecule has 4 heterocycles. The van der Waals surface area contributed by atoms with Gasteiger partial charge in [-0.15, -0.1) is 0 Å². The standard InChI is InChI=1S/C33H35N3O7/c1-34-26-13-22(39-2)6-7-25(26)30-31(34)27(15-37)35(14-20-9-23(40-3)12-24(10-20)41-4)16-33(30)17-36(18-33)32(38)21-5-8-28-29(11-21)43-19-42-28/h5-13,27,37H,14-19H2,1-4H3/t27-/m0/s1. The first-order valence-electron chi connectivity index (χ1n) is 14.3. The number of benzene rings is 3. The van der Waals surface area contributed by atoms with E-state index in [0.29, 0.717) is 54.7 Å². The fourth-order valence-electron chi connectivity index (χ4n) is 7.12. The molecule has 1 aromatic heterocycles. The topological polar surface area (TPSA) is 94.9 Å². The lowest BCUT2D eigenvalue weighted by Crippen LogP contribution is -2.67. The lowest BCUT2D eigenvalue weighted by molar-refractivity contribution is -0.00373. The average molecular weight is 586 g/mol. The molecule has 1 spiro atoms. The van der Waals surface area contributed by atoms with Crippen LogP contribution in [0.25, 0.3) is 10.9 Å². The van der Waals surface area contributed by atoms with Gasteiger partial charge in [0.1, 0.15) is 17.2 Å². The van der Waals surface area contributed by atoms with Crippen LogP contribution in [0.5, 0.6) is 28.7 Å². The normalized spacial score (nSPS) is 18.4. The monoisotopic (exact) mass is 585 g/mol. The molecule has 1 atom stereocenters. The van der Waals surface area contributed by atoms with Crippen molar-refractivity contribution in [2.45, 2.75) is 18.0 Å². The fraction of sp³-hybridized carbons (Fsp3) is 0.364. The third-order valence-electron chi connectivity index (χ3n) is 9.11. The minimum Gasteiger partial charge on any atom is -0.497 e. The van der Waals surface area contributed by atoms with Gasteiger partial charge in [0.25, 0.3) is 5.91 Å². The molecule has 3 aliphatic heterocycles. The highest BCUT2D eigenvalue weighted by atomic mass is 16.7. The average Bonchev–Trinajstić information content (AvgIpc) is 3.61. The molecule has 1 fully saturated rings. The molecular weight excluding hydrogens is 550 g/mol. The number of nitrogens with zero attached hydrogens (tertiary/aromatic N) is 3. The van der Waals surface area contributed by atoms with Gasteiger partial charge in [-0.25, -0.2) is 0 Å². The summed E-state index contributed by atoms with van der Waals surface area (Å²) in [6, 6.07) is 17.1. The molecule has 1 N–H and O–H groups in total. The molecular formula is C33H35N3O7. The molecule has 0 unspecified atom stereocenters. The second kappa shape index (κ2) is 10.4. The van der Waals surface area contributed by atoms with Crippen molar-refractivity contribution in [2.24, 2.45) is 7.05 Å². The van der Waals surface area contributed by atoms with Gasteiger partial charge in [0.2, 0.25) is 6.79 Å². The van der Waals surface area contributed by atoms with E-state index in [-0.39, 0.29) is 30.8 Å². The van der Waals surface area contributed by atoms with E-state index in [9.17, 15) is 9.90 Å². The van der Waals surface area contributed by atoms with Gasteiger partial charge >= 0.3 is 0 Å². The SMILES string of the molecule is COc1cc(CN2CC3(CN(C(=O)c4ccc5c(c4)OCO5)C3)c3c(n(C)c4cc(OC)ccc34)[C@@H]2CO)cc(OC)c1. The van der Waals surface area contributed by atoms with Crippen LogP contribution in [0.1, 0.15) is 33.2 Å². The predicted octanol–water partition coefficient (Wildman–Crippen LogP) is 3.88. The number of aryl methyl sites for hydroxylation is 1. The van der Waals surface area contributed by atoms with E-state index in [1.165, 1.54) is 5.56 Å². The zero-order valence-corrected chi connectivity index (χ0v) is 24.8. The number of rotatable bonds is 7. The molecule has 1 amide bonds. The van der Waals surface area contributed by atoms with Gasteiger partial charge in [-0.05, 0) is 53.6 Å². The summed E-state index contributed by atoms with van der Waals surface area (Å²) in [5.41, 5.74) is 4.55. The van der Waals surface area contributed by atoms with Crippen LogP contribution in [0.3, 0.4) is 0 Å². The Labute approximate surface area is 249 Å². The quantitative estimate of drug-likeness (QED) is 0.349. The summed E-state index contributed by atoms with van der Waals surface area (Å²) in [6.07, 6.45) is 0. The minimum atomic E-state index is -0.329. The molecule has 0 saturated carbocycles. The lowest BCUT2D eigenvalue weighted by atomic mass is 9.68. The molecule has 10 heteroatoms. The number of aliphatic hydroxyl groups excluding tert-OH is 1. The van der Waals surface area contributed by atoms with Crippen molar-refractivity contribution in [1.82, 2.24) is 14.4 Å². The molecule has 3 aromatic carbocycles. The van der Waals surface area contributed by atoms with Gasteiger partial charge < -0.3 is 38.3 Å². The molecule has 43 heavy (non-hydrogen) atoms. The number of carbonyl (C=O) groups is 1. The van der Waals surface area contributed by atoms with Crippen LogP contribution in [-0.4, -0.2) is 79.7 Å². The lowest BCUT2D eigenvalue weighted by Gasteiger charge is -2.56. The number of carbonyl (C=O) groups excluding carboxylic acids is 1. The predicted molar refractivity (Wildman–Crippen MR) is 159 cm³/mol. The number of ether oxygens (including phenoxy) is 5. The van der Waals surface area contributed by atoms with Crippen LogP contribution in [0, 0.1) is 0 Å². The van der Waals surface area contributed by atoms with Crippen molar-refractivity contribution in [1.29, 1.82) is 0 Å². The number of fused-ring (bicyclic) bond motifs is 5. The third kappa shape index (κ3) is 4.35. The van der Waals surface area contributed by atoms with Crippen LogP contribution in [0.4, 0.5) is 0 Å². The Morgan fingerprint density at radius 2 is 1.63 bits per heavy atom. The van der Waals surface area contributed by atoms with Crippen molar-refractivity contribution < 1.29 is 33.6 Å². The Bertz CT molecular complexity index is 1700. The van der Waals surface area contributed by atoms with Gasteiger partial charge in [0, 0.05) is 67.4 Å². The van der Waals surface area contributed by atoms with Crippen LogP contribution in [0.15, 0.2) is 54.6 Å². The number of hydrogen-bond donors (Lipinski definition) is 1. The maximum absolute atomic E-state index is 13.7.